The molecule has 1 heterocycles. The zero-order chi connectivity index (χ0) is 18.0. The van der Waals surface area contributed by atoms with E-state index in [9.17, 15) is 8.42 Å². The van der Waals surface area contributed by atoms with E-state index in [0.29, 0.717) is 28.6 Å². The van der Waals surface area contributed by atoms with Crippen molar-refractivity contribution in [1.82, 2.24) is 9.21 Å². The highest BCUT2D eigenvalue weighted by Gasteiger charge is 2.29. The molecule has 2 aromatic carbocycles. The number of benzene rings is 2. The van der Waals surface area contributed by atoms with Gasteiger partial charge in [-0.15, -0.1) is 12.4 Å². The van der Waals surface area contributed by atoms with Crippen LogP contribution < -0.4 is 0 Å². The zero-order valence-corrected chi connectivity index (χ0v) is 17.4. The van der Waals surface area contributed by atoms with Gasteiger partial charge in [-0.3, -0.25) is 4.90 Å². The summed E-state index contributed by atoms with van der Waals surface area (Å²) in [6, 6.07) is 13.7. The Labute approximate surface area is 167 Å². The molecule has 1 aliphatic rings. The molecule has 0 atom stereocenters. The number of rotatable bonds is 4. The van der Waals surface area contributed by atoms with E-state index >= 15 is 0 Å². The van der Waals surface area contributed by atoms with Gasteiger partial charge in [0.05, 0.1) is 4.90 Å². The molecule has 142 valence electrons. The molecule has 0 bridgehead atoms. The molecular weight excluding hydrogens is 391 g/mol. The minimum atomic E-state index is -3.48. The first-order valence-corrected chi connectivity index (χ1v) is 10.2. The van der Waals surface area contributed by atoms with Crippen molar-refractivity contribution in [2.45, 2.75) is 25.3 Å². The molecule has 2 aromatic rings. The molecule has 0 unspecified atom stereocenters. The molecule has 0 aromatic heterocycles. The molecule has 4 nitrogen and oxygen atoms in total. The maximum Gasteiger partial charge on any atom is 0.243 e. The molecule has 1 fully saturated rings. The lowest BCUT2D eigenvalue weighted by atomic mass is 10.2. The van der Waals surface area contributed by atoms with Gasteiger partial charge >= 0.3 is 0 Å². The Morgan fingerprint density at radius 1 is 0.962 bits per heavy atom. The third kappa shape index (κ3) is 4.59. The molecule has 0 N–H and O–H groups in total. The predicted octanol–water partition coefficient (Wildman–Crippen LogP) is 3.89. The predicted molar refractivity (Wildman–Crippen MR) is 109 cm³/mol. The molecule has 1 saturated heterocycles. The van der Waals surface area contributed by atoms with Crippen LogP contribution in [0.3, 0.4) is 0 Å². The summed E-state index contributed by atoms with van der Waals surface area (Å²) in [6.07, 6.45) is 0. The summed E-state index contributed by atoms with van der Waals surface area (Å²) in [5.41, 5.74) is 2.74. The average molecular weight is 415 g/mol. The van der Waals surface area contributed by atoms with Gasteiger partial charge in [-0.25, -0.2) is 8.42 Å². The number of nitrogens with zero attached hydrogens (tertiary/aromatic N) is 2. The Bertz CT molecular complexity index is 849. The Morgan fingerprint density at radius 3 is 2.19 bits per heavy atom. The molecule has 0 radical (unpaired) electrons. The number of sulfonamides is 1. The van der Waals surface area contributed by atoms with Crippen LogP contribution >= 0.6 is 24.0 Å². The van der Waals surface area contributed by atoms with Gasteiger partial charge in [0.25, 0.3) is 0 Å². The Kier molecular flexibility index (Phi) is 7.11. The lowest BCUT2D eigenvalue weighted by Crippen LogP contribution is -2.48. The monoisotopic (exact) mass is 414 g/mol. The Morgan fingerprint density at radius 2 is 1.58 bits per heavy atom. The molecule has 7 heteroatoms. The second kappa shape index (κ2) is 8.72. The fourth-order valence-corrected chi connectivity index (χ4v) is 5.07. The van der Waals surface area contributed by atoms with Crippen molar-refractivity contribution in [3.8, 4) is 0 Å². The van der Waals surface area contributed by atoms with Gasteiger partial charge in [0, 0.05) is 37.7 Å². The van der Waals surface area contributed by atoms with Gasteiger partial charge in [-0.05, 0) is 42.7 Å². The van der Waals surface area contributed by atoms with Gasteiger partial charge in [-0.2, -0.15) is 4.31 Å². The van der Waals surface area contributed by atoms with Crippen LogP contribution in [0, 0.1) is 13.8 Å². The maximum atomic E-state index is 13.0. The fourth-order valence-electron chi connectivity index (χ4n) is 3.14. The summed E-state index contributed by atoms with van der Waals surface area (Å²) < 4.78 is 27.6. The van der Waals surface area contributed by atoms with Crippen molar-refractivity contribution < 1.29 is 8.42 Å². The van der Waals surface area contributed by atoms with Crippen molar-refractivity contribution in [3.05, 3.63) is 64.2 Å². The van der Waals surface area contributed by atoms with Crippen LogP contribution in [0.4, 0.5) is 0 Å². The first-order chi connectivity index (χ1) is 11.9. The standard InChI is InChI=1S/C19H23ClN2O2S.ClH/c1-15-13-19(16(2)12-18(15)20)25(23,24)22-10-8-21(9-11-22)14-17-6-4-3-5-7-17;/h3-7,12-13H,8-11,14H2,1-2H3;1H. The van der Waals surface area contributed by atoms with Crippen LogP contribution in [-0.4, -0.2) is 43.8 Å². The normalized spacial score (nSPS) is 16.3. The topological polar surface area (TPSA) is 40.6 Å². The molecule has 26 heavy (non-hydrogen) atoms. The van der Waals surface area contributed by atoms with Crippen molar-refractivity contribution in [2.24, 2.45) is 0 Å². The van der Waals surface area contributed by atoms with E-state index in [1.54, 1.807) is 23.4 Å². The van der Waals surface area contributed by atoms with E-state index in [0.717, 1.165) is 25.2 Å². The van der Waals surface area contributed by atoms with E-state index in [1.807, 2.05) is 25.1 Å². The van der Waals surface area contributed by atoms with E-state index in [2.05, 4.69) is 17.0 Å². The van der Waals surface area contributed by atoms with Crippen LogP contribution in [0.25, 0.3) is 0 Å². The van der Waals surface area contributed by atoms with E-state index < -0.39 is 10.0 Å². The van der Waals surface area contributed by atoms with Crippen LogP contribution in [0.2, 0.25) is 5.02 Å². The van der Waals surface area contributed by atoms with Gasteiger partial charge < -0.3 is 0 Å². The highest BCUT2D eigenvalue weighted by Crippen LogP contribution is 2.27. The molecule has 0 aliphatic carbocycles. The second-order valence-corrected chi connectivity index (χ2v) is 8.85. The SMILES string of the molecule is Cc1cc(S(=O)(=O)N2CCN(Cc3ccccc3)CC2)c(C)cc1Cl.Cl. The molecule has 0 amide bonds. The summed E-state index contributed by atoms with van der Waals surface area (Å²) in [5.74, 6) is 0. The van der Waals surface area contributed by atoms with Crippen molar-refractivity contribution in [2.75, 3.05) is 26.2 Å². The van der Waals surface area contributed by atoms with E-state index in [-0.39, 0.29) is 12.4 Å². The summed E-state index contributed by atoms with van der Waals surface area (Å²) in [7, 11) is -3.48. The fraction of sp³-hybridized carbons (Fsp3) is 0.368. The highest BCUT2D eigenvalue weighted by atomic mass is 35.5. The second-order valence-electron chi connectivity index (χ2n) is 6.53. The summed E-state index contributed by atoms with van der Waals surface area (Å²) in [6.45, 7) is 6.97. The third-order valence-electron chi connectivity index (χ3n) is 4.65. The molecule has 1 aliphatic heterocycles. The summed E-state index contributed by atoms with van der Waals surface area (Å²) in [5, 5.41) is 0.601. The van der Waals surface area contributed by atoms with E-state index in [1.165, 1.54) is 5.56 Å². The molecule has 0 saturated carbocycles. The van der Waals surface area contributed by atoms with Crippen LogP contribution in [0.5, 0.6) is 0 Å². The first-order valence-electron chi connectivity index (χ1n) is 8.41. The van der Waals surface area contributed by atoms with E-state index in [4.69, 9.17) is 11.6 Å². The number of hydrogen-bond donors (Lipinski definition) is 0. The van der Waals surface area contributed by atoms with Gasteiger partial charge in [-0.1, -0.05) is 41.9 Å². The number of hydrogen-bond acceptors (Lipinski definition) is 3. The van der Waals surface area contributed by atoms with Crippen LogP contribution in [-0.2, 0) is 16.6 Å². The smallest absolute Gasteiger partial charge is 0.243 e. The third-order valence-corrected chi connectivity index (χ3v) is 7.10. The molecule has 3 rings (SSSR count). The average Bonchev–Trinajstić information content (AvgIpc) is 2.59. The van der Waals surface area contributed by atoms with Crippen LogP contribution in [0.1, 0.15) is 16.7 Å². The first kappa shape index (κ1) is 21.2. The number of piperazine rings is 1. The van der Waals surface area contributed by atoms with Crippen molar-refractivity contribution in [3.63, 3.8) is 0 Å². The Balaban J connectivity index is 0.00000243. The highest BCUT2D eigenvalue weighted by molar-refractivity contribution is 7.89. The van der Waals surface area contributed by atoms with Gasteiger partial charge in [0.15, 0.2) is 0 Å². The summed E-state index contributed by atoms with van der Waals surface area (Å²) >= 11 is 6.10. The van der Waals surface area contributed by atoms with Crippen molar-refractivity contribution >= 4 is 34.0 Å². The maximum absolute atomic E-state index is 13.0. The van der Waals surface area contributed by atoms with Crippen molar-refractivity contribution in [1.29, 1.82) is 0 Å². The number of aryl methyl sites for hydroxylation is 2. The minimum Gasteiger partial charge on any atom is -0.296 e. The minimum absolute atomic E-state index is 0. The quantitative estimate of drug-likeness (QED) is 0.761. The lowest BCUT2D eigenvalue weighted by Gasteiger charge is -2.34. The van der Waals surface area contributed by atoms with Crippen LogP contribution in [0.15, 0.2) is 47.4 Å². The zero-order valence-electron chi connectivity index (χ0n) is 15.0. The molecular formula is C19H24Cl2N2O2S. The lowest BCUT2D eigenvalue weighted by molar-refractivity contribution is 0.181. The Hall–Kier alpha value is -1.11. The summed E-state index contributed by atoms with van der Waals surface area (Å²) in [4.78, 5) is 2.66. The number of halogens is 2. The molecule has 0 spiro atoms. The van der Waals surface area contributed by atoms with Gasteiger partial charge in [0.1, 0.15) is 0 Å². The van der Waals surface area contributed by atoms with Gasteiger partial charge in [0.2, 0.25) is 10.0 Å². The largest absolute Gasteiger partial charge is 0.296 e.